The summed E-state index contributed by atoms with van der Waals surface area (Å²) in [4.78, 5) is 31.8. The number of imidazole rings is 1. The Bertz CT molecular complexity index is 1300. The van der Waals surface area contributed by atoms with Crippen LogP contribution < -0.4 is 20.2 Å². The summed E-state index contributed by atoms with van der Waals surface area (Å²) in [6.45, 7) is 2.37. The molecular weight excluding hydrogens is 478 g/mol. The maximum atomic E-state index is 12.1. The lowest BCUT2D eigenvalue weighted by Crippen LogP contribution is -2.20. The summed E-state index contributed by atoms with van der Waals surface area (Å²) in [5.74, 6) is 0.961. The standard InChI is InChI=1S/C26H25N5O4S/c1-2-34-20-13-9-19(10-14-20)28-24(32)16-35-21-11-7-18(8-12-21)15-27-31-25(33)17-36-26-29-22-5-3-4-6-23(22)30-26/h3-15H,2,16-17H2,1H3,(H,28,32)(H,29,30)(H,31,33)/b27-15-. The molecule has 1 aromatic heterocycles. The molecule has 0 spiro atoms. The average Bonchev–Trinajstić information content (AvgIpc) is 3.31. The van der Waals surface area contributed by atoms with Crippen molar-refractivity contribution in [3.63, 3.8) is 0 Å². The number of amides is 2. The summed E-state index contributed by atoms with van der Waals surface area (Å²) in [6.07, 6.45) is 1.53. The second-order valence-electron chi connectivity index (χ2n) is 7.50. The van der Waals surface area contributed by atoms with E-state index in [2.05, 4.69) is 25.8 Å². The lowest BCUT2D eigenvalue weighted by Gasteiger charge is -2.08. The minimum Gasteiger partial charge on any atom is -0.494 e. The number of carbonyl (C=O) groups is 2. The number of aromatic amines is 1. The van der Waals surface area contributed by atoms with E-state index in [1.165, 1.54) is 18.0 Å². The number of hydrogen-bond acceptors (Lipinski definition) is 7. The number of benzene rings is 3. The van der Waals surface area contributed by atoms with Crippen LogP contribution >= 0.6 is 11.8 Å². The first-order valence-corrected chi connectivity index (χ1v) is 12.2. The molecule has 0 aliphatic heterocycles. The number of anilines is 1. The van der Waals surface area contributed by atoms with E-state index >= 15 is 0 Å². The van der Waals surface area contributed by atoms with Gasteiger partial charge in [-0.1, -0.05) is 23.9 Å². The zero-order valence-corrected chi connectivity index (χ0v) is 20.4. The molecule has 0 aliphatic rings. The predicted molar refractivity (Wildman–Crippen MR) is 141 cm³/mol. The Morgan fingerprint density at radius 3 is 2.44 bits per heavy atom. The van der Waals surface area contributed by atoms with E-state index in [9.17, 15) is 9.59 Å². The molecule has 184 valence electrons. The number of thioether (sulfide) groups is 1. The highest BCUT2D eigenvalue weighted by atomic mass is 32.2. The number of carbonyl (C=O) groups excluding carboxylic acids is 2. The van der Waals surface area contributed by atoms with Gasteiger partial charge in [0.25, 0.3) is 11.8 Å². The van der Waals surface area contributed by atoms with E-state index in [-0.39, 0.29) is 24.2 Å². The number of nitrogens with one attached hydrogen (secondary N) is 3. The maximum Gasteiger partial charge on any atom is 0.262 e. The third-order valence-electron chi connectivity index (χ3n) is 4.81. The van der Waals surface area contributed by atoms with Gasteiger partial charge in [-0.2, -0.15) is 5.10 Å². The van der Waals surface area contributed by atoms with E-state index in [4.69, 9.17) is 9.47 Å². The van der Waals surface area contributed by atoms with Crippen LogP contribution in [-0.4, -0.2) is 47.0 Å². The molecule has 0 bridgehead atoms. The smallest absolute Gasteiger partial charge is 0.262 e. The van der Waals surface area contributed by atoms with Crippen LogP contribution in [0.15, 0.2) is 83.1 Å². The van der Waals surface area contributed by atoms with Crippen molar-refractivity contribution in [3.8, 4) is 11.5 Å². The van der Waals surface area contributed by atoms with Crippen molar-refractivity contribution in [1.82, 2.24) is 15.4 Å². The topological polar surface area (TPSA) is 118 Å². The van der Waals surface area contributed by atoms with Gasteiger partial charge >= 0.3 is 0 Å². The van der Waals surface area contributed by atoms with Gasteiger partial charge < -0.3 is 19.8 Å². The zero-order valence-electron chi connectivity index (χ0n) is 19.6. The molecule has 0 fully saturated rings. The summed E-state index contributed by atoms with van der Waals surface area (Å²) in [6, 6.07) is 21.8. The zero-order chi connectivity index (χ0) is 25.2. The Morgan fingerprint density at radius 2 is 1.69 bits per heavy atom. The van der Waals surface area contributed by atoms with Crippen molar-refractivity contribution in [2.75, 3.05) is 24.3 Å². The molecule has 0 atom stereocenters. The van der Waals surface area contributed by atoms with Crippen molar-refractivity contribution < 1.29 is 19.1 Å². The summed E-state index contributed by atoms with van der Waals surface area (Å²) >= 11 is 1.31. The van der Waals surface area contributed by atoms with Crippen LogP contribution in [0.5, 0.6) is 11.5 Å². The highest BCUT2D eigenvalue weighted by Gasteiger charge is 2.07. The van der Waals surface area contributed by atoms with E-state index < -0.39 is 0 Å². The van der Waals surface area contributed by atoms with E-state index in [1.807, 2.05) is 31.2 Å². The summed E-state index contributed by atoms with van der Waals surface area (Å²) in [5, 5.41) is 7.43. The van der Waals surface area contributed by atoms with Crippen LogP contribution in [0.3, 0.4) is 0 Å². The minimum atomic E-state index is -0.270. The number of nitrogens with zero attached hydrogens (tertiary/aromatic N) is 2. The molecule has 4 rings (SSSR count). The highest BCUT2D eigenvalue weighted by Crippen LogP contribution is 2.19. The molecule has 3 N–H and O–H groups in total. The molecule has 0 unspecified atom stereocenters. The molecule has 0 aliphatic carbocycles. The fourth-order valence-corrected chi connectivity index (χ4v) is 3.82. The van der Waals surface area contributed by atoms with Crippen LogP contribution in [0, 0.1) is 0 Å². The number of rotatable bonds is 11. The number of aromatic nitrogens is 2. The average molecular weight is 504 g/mol. The minimum absolute atomic E-state index is 0.125. The lowest BCUT2D eigenvalue weighted by molar-refractivity contribution is -0.119. The third kappa shape index (κ3) is 7.34. The van der Waals surface area contributed by atoms with Gasteiger partial charge in [0.15, 0.2) is 11.8 Å². The van der Waals surface area contributed by atoms with Crippen molar-refractivity contribution in [2.45, 2.75) is 12.1 Å². The molecule has 4 aromatic rings. The first-order chi connectivity index (χ1) is 17.6. The molecule has 10 heteroatoms. The van der Waals surface area contributed by atoms with E-state index in [0.717, 1.165) is 22.3 Å². The molecular formula is C26H25N5O4S. The highest BCUT2D eigenvalue weighted by molar-refractivity contribution is 7.99. The Balaban J connectivity index is 1.17. The number of H-pyrrole nitrogens is 1. The molecule has 0 saturated heterocycles. The number of para-hydroxylation sites is 2. The SMILES string of the molecule is CCOc1ccc(NC(=O)COc2ccc(/C=N\NC(=O)CSc3nc4ccccc4[nH]3)cc2)cc1. The van der Waals surface area contributed by atoms with Crippen molar-refractivity contribution in [2.24, 2.45) is 5.10 Å². The van der Waals surface area contributed by atoms with Gasteiger partial charge in [0.05, 0.1) is 29.6 Å². The molecule has 36 heavy (non-hydrogen) atoms. The van der Waals surface area contributed by atoms with Gasteiger partial charge in [-0.15, -0.1) is 0 Å². The van der Waals surface area contributed by atoms with Crippen LogP contribution in [-0.2, 0) is 9.59 Å². The van der Waals surface area contributed by atoms with E-state index in [0.29, 0.717) is 23.2 Å². The molecule has 1 heterocycles. The van der Waals surface area contributed by atoms with Gasteiger partial charge in [-0.3, -0.25) is 9.59 Å². The fourth-order valence-electron chi connectivity index (χ4n) is 3.14. The third-order valence-corrected chi connectivity index (χ3v) is 5.68. The van der Waals surface area contributed by atoms with Crippen LogP contribution in [0.4, 0.5) is 5.69 Å². The first kappa shape index (κ1) is 24.8. The van der Waals surface area contributed by atoms with Crippen LogP contribution in [0.25, 0.3) is 11.0 Å². The second kappa shape index (κ2) is 12.4. The molecule has 9 nitrogen and oxygen atoms in total. The molecule has 0 saturated carbocycles. The Morgan fingerprint density at radius 1 is 0.972 bits per heavy atom. The Hall–Kier alpha value is -4.31. The quantitative estimate of drug-likeness (QED) is 0.160. The molecule has 3 aromatic carbocycles. The normalized spacial score (nSPS) is 10.9. The fraction of sp³-hybridized carbons (Fsp3) is 0.154. The second-order valence-corrected chi connectivity index (χ2v) is 8.47. The Kier molecular flexibility index (Phi) is 8.55. The Labute approximate surface area is 212 Å². The first-order valence-electron chi connectivity index (χ1n) is 11.2. The summed E-state index contributed by atoms with van der Waals surface area (Å²) in [7, 11) is 0. The van der Waals surface area contributed by atoms with Gasteiger partial charge in [0.2, 0.25) is 0 Å². The van der Waals surface area contributed by atoms with Gasteiger partial charge in [-0.05, 0) is 73.2 Å². The van der Waals surface area contributed by atoms with Crippen LogP contribution in [0.1, 0.15) is 12.5 Å². The lowest BCUT2D eigenvalue weighted by atomic mass is 10.2. The molecule has 0 radical (unpaired) electrons. The number of ether oxygens (including phenoxy) is 2. The van der Waals surface area contributed by atoms with Crippen molar-refractivity contribution in [1.29, 1.82) is 0 Å². The van der Waals surface area contributed by atoms with Crippen molar-refractivity contribution in [3.05, 3.63) is 78.4 Å². The number of fused-ring (bicyclic) bond motifs is 1. The predicted octanol–water partition coefficient (Wildman–Crippen LogP) is 4.22. The summed E-state index contributed by atoms with van der Waals surface area (Å²) < 4.78 is 10.9. The van der Waals surface area contributed by atoms with Gasteiger partial charge in [0.1, 0.15) is 11.5 Å². The van der Waals surface area contributed by atoms with Crippen LogP contribution in [0.2, 0.25) is 0 Å². The van der Waals surface area contributed by atoms with Gasteiger partial charge in [0, 0.05) is 5.69 Å². The van der Waals surface area contributed by atoms with Crippen molar-refractivity contribution >= 4 is 46.5 Å². The maximum absolute atomic E-state index is 12.1. The molecule has 2 amide bonds. The summed E-state index contributed by atoms with van der Waals surface area (Å²) in [5.41, 5.74) is 5.72. The van der Waals surface area contributed by atoms with E-state index in [1.54, 1.807) is 48.5 Å². The van der Waals surface area contributed by atoms with Gasteiger partial charge in [-0.25, -0.2) is 10.4 Å². The number of hydrazone groups is 1. The largest absolute Gasteiger partial charge is 0.494 e. The number of hydrogen-bond donors (Lipinski definition) is 3. The monoisotopic (exact) mass is 503 g/mol.